The number of aliphatic hydroxyl groups excluding tert-OH is 1. The molecule has 2 atom stereocenters. The van der Waals surface area contributed by atoms with Gasteiger partial charge in [-0.2, -0.15) is 0 Å². The largest absolute Gasteiger partial charge is 0.467 e. The van der Waals surface area contributed by atoms with Gasteiger partial charge in [0.05, 0.1) is 7.11 Å². The number of anilines is 1. The predicted octanol–water partition coefficient (Wildman–Crippen LogP) is 1.37. The second-order valence-corrected chi connectivity index (χ2v) is 5.72. The third-order valence-electron chi connectivity index (χ3n) is 2.76. The third-order valence-corrected chi connectivity index (χ3v) is 2.76. The number of nitrogen functional groups attached to an aromatic ring is 1. The minimum absolute atomic E-state index is 0.301. The first kappa shape index (κ1) is 17.8. The number of ether oxygens (including phenoxy) is 2. The molecule has 0 aliphatic carbocycles. The Bertz CT molecular complexity index is 539. The fourth-order valence-corrected chi connectivity index (χ4v) is 1.79. The van der Waals surface area contributed by atoms with E-state index in [1.807, 2.05) is 0 Å². The molecule has 0 fully saturated rings. The van der Waals surface area contributed by atoms with Gasteiger partial charge in [-0.25, -0.2) is 9.59 Å². The van der Waals surface area contributed by atoms with Crippen LogP contribution in [-0.2, 0) is 14.3 Å². The molecule has 0 saturated carbocycles. The van der Waals surface area contributed by atoms with Crippen molar-refractivity contribution in [3.63, 3.8) is 0 Å². The fourth-order valence-electron chi connectivity index (χ4n) is 1.79. The Labute approximate surface area is 129 Å². The lowest BCUT2D eigenvalue weighted by Gasteiger charge is -2.25. The normalized spacial score (nSPS) is 13.9. The van der Waals surface area contributed by atoms with Crippen molar-refractivity contribution in [2.45, 2.75) is 38.5 Å². The molecule has 0 spiro atoms. The van der Waals surface area contributed by atoms with E-state index in [1.165, 1.54) is 0 Å². The van der Waals surface area contributed by atoms with Crippen molar-refractivity contribution in [2.24, 2.45) is 0 Å². The molecule has 0 aromatic heterocycles. The van der Waals surface area contributed by atoms with E-state index in [1.54, 1.807) is 45.0 Å². The van der Waals surface area contributed by atoms with Gasteiger partial charge in [-0.05, 0) is 26.8 Å². The number of rotatable bonds is 4. The van der Waals surface area contributed by atoms with Crippen molar-refractivity contribution >= 4 is 17.7 Å². The number of esters is 1. The van der Waals surface area contributed by atoms with Crippen molar-refractivity contribution in [1.82, 2.24) is 5.32 Å². The van der Waals surface area contributed by atoms with Gasteiger partial charge in [0, 0.05) is 11.3 Å². The maximum Gasteiger partial charge on any atom is 0.408 e. The van der Waals surface area contributed by atoms with Crippen molar-refractivity contribution in [3.05, 3.63) is 29.8 Å². The molecule has 0 unspecified atom stereocenters. The standard InChI is InChI=1S/C15H22N2O5/c1-15(2,3)22-14(20)17-11(13(19)21-4)12(18)9-7-5-6-8-10(9)16/h5-8,11-12,18H,16H2,1-4H3,(H,17,20)/t11-,12+/m0/s1. The smallest absolute Gasteiger partial charge is 0.408 e. The van der Waals surface area contributed by atoms with E-state index in [4.69, 9.17) is 10.5 Å². The quantitative estimate of drug-likeness (QED) is 0.572. The second kappa shape index (κ2) is 7.13. The summed E-state index contributed by atoms with van der Waals surface area (Å²) in [4.78, 5) is 23.7. The molecule has 0 aliphatic rings. The molecule has 1 rings (SSSR count). The Kier molecular flexibility index (Phi) is 5.76. The molecule has 122 valence electrons. The second-order valence-electron chi connectivity index (χ2n) is 5.72. The van der Waals surface area contributed by atoms with E-state index in [9.17, 15) is 14.7 Å². The lowest BCUT2D eigenvalue weighted by Crippen LogP contribution is -2.47. The van der Waals surface area contributed by atoms with Gasteiger partial charge >= 0.3 is 12.1 Å². The minimum atomic E-state index is -1.36. The van der Waals surface area contributed by atoms with Crippen LogP contribution < -0.4 is 11.1 Å². The monoisotopic (exact) mass is 310 g/mol. The lowest BCUT2D eigenvalue weighted by atomic mass is 10.0. The van der Waals surface area contributed by atoms with E-state index < -0.39 is 29.8 Å². The summed E-state index contributed by atoms with van der Waals surface area (Å²) in [6.45, 7) is 5.06. The van der Waals surface area contributed by atoms with Crippen LogP contribution in [0.3, 0.4) is 0 Å². The first-order chi connectivity index (χ1) is 10.2. The summed E-state index contributed by atoms with van der Waals surface area (Å²) in [5.74, 6) is -0.804. The molecular formula is C15H22N2O5. The number of carbonyl (C=O) groups excluding carboxylic acids is 2. The van der Waals surface area contributed by atoms with Crippen LogP contribution in [0, 0.1) is 0 Å². The van der Waals surface area contributed by atoms with Gasteiger partial charge in [0.15, 0.2) is 6.04 Å². The Morgan fingerprint density at radius 3 is 2.36 bits per heavy atom. The number of methoxy groups -OCH3 is 1. The van der Waals surface area contributed by atoms with Crippen LogP contribution >= 0.6 is 0 Å². The Morgan fingerprint density at radius 2 is 1.86 bits per heavy atom. The van der Waals surface area contributed by atoms with Crippen molar-refractivity contribution in [1.29, 1.82) is 0 Å². The van der Waals surface area contributed by atoms with Gasteiger partial charge in [-0.15, -0.1) is 0 Å². The SMILES string of the molecule is COC(=O)[C@@H](NC(=O)OC(C)(C)C)[C@H](O)c1ccccc1N. The number of alkyl carbamates (subject to hydrolysis) is 1. The number of carbonyl (C=O) groups is 2. The molecular weight excluding hydrogens is 288 g/mol. The van der Waals surface area contributed by atoms with E-state index in [2.05, 4.69) is 10.1 Å². The number of amides is 1. The number of para-hydroxylation sites is 1. The highest BCUT2D eigenvalue weighted by Crippen LogP contribution is 2.23. The number of hydrogen-bond donors (Lipinski definition) is 3. The molecule has 0 heterocycles. The van der Waals surface area contributed by atoms with E-state index in [0.717, 1.165) is 7.11 Å². The molecule has 4 N–H and O–H groups in total. The molecule has 0 saturated heterocycles. The fraction of sp³-hybridized carbons (Fsp3) is 0.467. The average molecular weight is 310 g/mol. The summed E-state index contributed by atoms with van der Waals surface area (Å²) >= 11 is 0. The number of nitrogens with one attached hydrogen (secondary N) is 1. The Hall–Kier alpha value is -2.28. The van der Waals surface area contributed by atoms with Crippen LogP contribution in [0.4, 0.5) is 10.5 Å². The topological polar surface area (TPSA) is 111 Å². The zero-order chi connectivity index (χ0) is 16.9. The number of hydrogen-bond acceptors (Lipinski definition) is 6. The van der Waals surface area contributed by atoms with Gasteiger partial charge in [-0.1, -0.05) is 18.2 Å². The number of benzene rings is 1. The Balaban J connectivity index is 2.96. The first-order valence-electron chi connectivity index (χ1n) is 6.75. The van der Waals surface area contributed by atoms with Gasteiger partial charge in [-0.3, -0.25) is 0 Å². The average Bonchev–Trinajstić information content (AvgIpc) is 2.42. The van der Waals surface area contributed by atoms with E-state index >= 15 is 0 Å². The molecule has 1 aromatic carbocycles. The number of aliphatic hydroxyl groups is 1. The van der Waals surface area contributed by atoms with Crippen LogP contribution in [0.25, 0.3) is 0 Å². The molecule has 0 aliphatic heterocycles. The molecule has 7 nitrogen and oxygen atoms in total. The minimum Gasteiger partial charge on any atom is -0.467 e. The highest BCUT2D eigenvalue weighted by atomic mass is 16.6. The van der Waals surface area contributed by atoms with Gasteiger partial charge in [0.2, 0.25) is 0 Å². The highest BCUT2D eigenvalue weighted by Gasteiger charge is 2.33. The number of nitrogens with two attached hydrogens (primary N) is 1. The maximum absolute atomic E-state index is 11.8. The van der Waals surface area contributed by atoms with Crippen LogP contribution in [0.1, 0.15) is 32.4 Å². The van der Waals surface area contributed by atoms with Gasteiger partial charge in [0.25, 0.3) is 0 Å². The van der Waals surface area contributed by atoms with Gasteiger partial charge in [0.1, 0.15) is 11.7 Å². The summed E-state index contributed by atoms with van der Waals surface area (Å²) in [5, 5.41) is 12.7. The predicted molar refractivity (Wildman–Crippen MR) is 81.0 cm³/mol. The van der Waals surface area contributed by atoms with Crippen LogP contribution in [0.5, 0.6) is 0 Å². The zero-order valence-electron chi connectivity index (χ0n) is 13.1. The van der Waals surface area contributed by atoms with E-state index in [-0.39, 0.29) is 0 Å². The maximum atomic E-state index is 11.8. The Morgan fingerprint density at radius 1 is 1.27 bits per heavy atom. The van der Waals surface area contributed by atoms with Crippen LogP contribution in [0.15, 0.2) is 24.3 Å². The van der Waals surface area contributed by atoms with Crippen molar-refractivity contribution in [3.8, 4) is 0 Å². The summed E-state index contributed by atoms with van der Waals surface area (Å²) in [7, 11) is 1.16. The van der Waals surface area contributed by atoms with Crippen molar-refractivity contribution in [2.75, 3.05) is 12.8 Å². The van der Waals surface area contributed by atoms with E-state index in [0.29, 0.717) is 11.3 Å². The highest BCUT2D eigenvalue weighted by molar-refractivity contribution is 5.82. The molecule has 1 amide bonds. The molecule has 7 heteroatoms. The first-order valence-corrected chi connectivity index (χ1v) is 6.75. The molecule has 1 aromatic rings. The van der Waals surface area contributed by atoms with Gasteiger partial charge < -0.3 is 25.6 Å². The summed E-state index contributed by atoms with van der Waals surface area (Å²) in [6.07, 6.45) is -2.20. The van der Waals surface area contributed by atoms with Crippen LogP contribution in [-0.4, -0.2) is 35.9 Å². The van der Waals surface area contributed by atoms with Crippen LogP contribution in [0.2, 0.25) is 0 Å². The third kappa shape index (κ3) is 4.92. The summed E-state index contributed by atoms with van der Waals surface area (Å²) in [5.41, 5.74) is 5.66. The molecule has 22 heavy (non-hydrogen) atoms. The summed E-state index contributed by atoms with van der Waals surface area (Å²) in [6, 6.07) is 5.17. The summed E-state index contributed by atoms with van der Waals surface area (Å²) < 4.78 is 9.69. The lowest BCUT2D eigenvalue weighted by molar-refractivity contribution is -0.146. The zero-order valence-corrected chi connectivity index (χ0v) is 13.1. The molecule has 0 bridgehead atoms. The van der Waals surface area contributed by atoms with Crippen molar-refractivity contribution < 1.29 is 24.2 Å². The molecule has 0 radical (unpaired) electrons.